The number of nitriles is 1. The van der Waals surface area contributed by atoms with Crippen molar-refractivity contribution in [2.45, 2.75) is 6.54 Å². The van der Waals surface area contributed by atoms with Gasteiger partial charge in [-0.1, -0.05) is 12.1 Å². The van der Waals surface area contributed by atoms with Crippen LogP contribution >= 0.6 is 0 Å². The molecule has 0 saturated carbocycles. The molecule has 0 aliphatic rings. The Bertz CT molecular complexity index is 520. The summed E-state index contributed by atoms with van der Waals surface area (Å²) in [4.78, 5) is 15.6. The lowest BCUT2D eigenvalue weighted by molar-refractivity contribution is 0.0972. The van der Waals surface area contributed by atoms with Gasteiger partial charge >= 0.3 is 0 Å². The van der Waals surface area contributed by atoms with E-state index in [0.29, 0.717) is 11.1 Å². The van der Waals surface area contributed by atoms with E-state index in [-0.39, 0.29) is 12.3 Å². The number of benzene rings is 1. The van der Waals surface area contributed by atoms with Crippen LogP contribution in [0.4, 0.5) is 0 Å². The minimum absolute atomic E-state index is 0.00231. The monoisotopic (exact) mass is 211 g/mol. The molecule has 1 aromatic carbocycles. The first-order chi connectivity index (χ1) is 7.79. The molecule has 4 heteroatoms. The van der Waals surface area contributed by atoms with Gasteiger partial charge in [0.15, 0.2) is 5.78 Å². The van der Waals surface area contributed by atoms with E-state index in [1.807, 2.05) is 6.07 Å². The van der Waals surface area contributed by atoms with Crippen LogP contribution in [-0.2, 0) is 6.54 Å². The number of imidazole rings is 1. The van der Waals surface area contributed by atoms with Gasteiger partial charge in [0.25, 0.3) is 0 Å². The fraction of sp³-hybridized carbons (Fsp3) is 0.0833. The summed E-state index contributed by atoms with van der Waals surface area (Å²) in [6.45, 7) is 0.270. The van der Waals surface area contributed by atoms with Crippen LogP contribution in [0.1, 0.15) is 15.9 Å². The molecule has 0 bridgehead atoms. The second-order valence-electron chi connectivity index (χ2n) is 3.35. The molecule has 0 amide bonds. The minimum Gasteiger partial charge on any atom is -0.330 e. The zero-order chi connectivity index (χ0) is 11.4. The molecule has 0 aliphatic carbocycles. The van der Waals surface area contributed by atoms with Crippen LogP contribution in [0.25, 0.3) is 0 Å². The van der Waals surface area contributed by atoms with E-state index in [1.165, 1.54) is 0 Å². The van der Waals surface area contributed by atoms with Crippen LogP contribution < -0.4 is 0 Å². The van der Waals surface area contributed by atoms with Crippen molar-refractivity contribution in [3.05, 3.63) is 54.1 Å². The molecule has 0 atom stereocenters. The molecule has 0 spiro atoms. The average molecular weight is 211 g/mol. The minimum atomic E-state index is 0.00231. The number of hydrogen-bond acceptors (Lipinski definition) is 3. The molecule has 0 unspecified atom stereocenters. The van der Waals surface area contributed by atoms with Gasteiger partial charge < -0.3 is 4.57 Å². The Labute approximate surface area is 92.8 Å². The van der Waals surface area contributed by atoms with Gasteiger partial charge in [-0.3, -0.25) is 4.79 Å². The van der Waals surface area contributed by atoms with Crippen molar-refractivity contribution in [1.82, 2.24) is 9.55 Å². The van der Waals surface area contributed by atoms with E-state index in [4.69, 9.17) is 5.26 Å². The van der Waals surface area contributed by atoms with E-state index >= 15 is 0 Å². The third-order valence-electron chi connectivity index (χ3n) is 2.22. The number of nitrogens with zero attached hydrogens (tertiary/aromatic N) is 3. The van der Waals surface area contributed by atoms with Crippen molar-refractivity contribution >= 4 is 5.78 Å². The second kappa shape index (κ2) is 4.41. The van der Waals surface area contributed by atoms with Gasteiger partial charge in [0.05, 0.1) is 24.5 Å². The van der Waals surface area contributed by atoms with Gasteiger partial charge in [-0.05, 0) is 12.1 Å². The van der Waals surface area contributed by atoms with Gasteiger partial charge in [-0.15, -0.1) is 0 Å². The molecule has 16 heavy (non-hydrogen) atoms. The van der Waals surface area contributed by atoms with Gasteiger partial charge in [-0.2, -0.15) is 5.26 Å². The van der Waals surface area contributed by atoms with E-state index in [0.717, 1.165) is 0 Å². The number of aromatic nitrogens is 2. The molecule has 0 aliphatic heterocycles. The number of hydrogen-bond donors (Lipinski definition) is 0. The van der Waals surface area contributed by atoms with Crippen LogP contribution in [0.2, 0.25) is 0 Å². The average Bonchev–Trinajstić information content (AvgIpc) is 2.82. The highest BCUT2D eigenvalue weighted by molar-refractivity contribution is 5.95. The van der Waals surface area contributed by atoms with Crippen LogP contribution in [0.15, 0.2) is 43.0 Å². The number of ketones is 1. The number of rotatable bonds is 3. The molecule has 1 heterocycles. The number of Topliss-reactive ketones (excluding diaryl/α,β-unsaturated/α-hetero) is 1. The van der Waals surface area contributed by atoms with Gasteiger partial charge in [0.1, 0.15) is 0 Å². The molecule has 1 aromatic heterocycles. The summed E-state index contributed by atoms with van der Waals surface area (Å²) < 4.78 is 1.71. The Kier molecular flexibility index (Phi) is 2.79. The molecule has 2 rings (SSSR count). The maximum Gasteiger partial charge on any atom is 0.182 e. The zero-order valence-electron chi connectivity index (χ0n) is 8.50. The van der Waals surface area contributed by atoms with Crippen LogP contribution in [0.3, 0.4) is 0 Å². The van der Waals surface area contributed by atoms with Gasteiger partial charge in [0.2, 0.25) is 0 Å². The SMILES string of the molecule is N#Cc1ccc(C(=O)Cn2ccnc2)cc1. The van der Waals surface area contributed by atoms with Crippen molar-refractivity contribution < 1.29 is 4.79 Å². The molecule has 2 aromatic rings. The number of carbonyl (C=O) groups is 1. The lowest BCUT2D eigenvalue weighted by Gasteiger charge is -2.01. The van der Waals surface area contributed by atoms with Crippen LogP contribution in [-0.4, -0.2) is 15.3 Å². The molecule has 0 N–H and O–H groups in total. The summed E-state index contributed by atoms with van der Waals surface area (Å²) in [6.07, 6.45) is 4.97. The predicted octanol–water partition coefficient (Wildman–Crippen LogP) is 1.64. The summed E-state index contributed by atoms with van der Waals surface area (Å²) in [6, 6.07) is 8.62. The largest absolute Gasteiger partial charge is 0.330 e. The molecular formula is C12H9N3O. The summed E-state index contributed by atoms with van der Waals surface area (Å²) in [5.41, 5.74) is 1.16. The molecule has 0 fully saturated rings. The molecule has 0 saturated heterocycles. The van der Waals surface area contributed by atoms with E-state index in [1.54, 1.807) is 47.6 Å². The smallest absolute Gasteiger partial charge is 0.182 e. The van der Waals surface area contributed by atoms with Crippen molar-refractivity contribution in [2.24, 2.45) is 0 Å². The lowest BCUT2D eigenvalue weighted by Crippen LogP contribution is -2.08. The van der Waals surface area contributed by atoms with Crippen LogP contribution in [0, 0.1) is 11.3 Å². The summed E-state index contributed by atoms with van der Waals surface area (Å²) in [5, 5.41) is 8.63. The Hall–Kier alpha value is -2.41. The topological polar surface area (TPSA) is 58.7 Å². The predicted molar refractivity (Wildman–Crippen MR) is 57.7 cm³/mol. The molecule has 78 valence electrons. The summed E-state index contributed by atoms with van der Waals surface area (Å²) in [5.74, 6) is 0.00231. The van der Waals surface area contributed by atoms with Crippen molar-refractivity contribution in [3.8, 4) is 6.07 Å². The Balaban J connectivity index is 2.12. The highest BCUT2D eigenvalue weighted by Gasteiger charge is 2.05. The van der Waals surface area contributed by atoms with E-state index in [2.05, 4.69) is 4.98 Å². The van der Waals surface area contributed by atoms with Crippen molar-refractivity contribution in [1.29, 1.82) is 5.26 Å². The van der Waals surface area contributed by atoms with Gasteiger partial charge in [-0.25, -0.2) is 4.98 Å². The second-order valence-corrected chi connectivity index (χ2v) is 3.35. The third-order valence-corrected chi connectivity index (χ3v) is 2.22. The third kappa shape index (κ3) is 2.15. The summed E-state index contributed by atoms with van der Waals surface area (Å²) in [7, 11) is 0. The molecular weight excluding hydrogens is 202 g/mol. The van der Waals surface area contributed by atoms with Crippen LogP contribution in [0.5, 0.6) is 0 Å². The lowest BCUT2D eigenvalue weighted by atomic mass is 10.1. The first-order valence-electron chi connectivity index (χ1n) is 4.79. The highest BCUT2D eigenvalue weighted by Crippen LogP contribution is 2.05. The molecule has 0 radical (unpaired) electrons. The zero-order valence-corrected chi connectivity index (χ0v) is 8.50. The Morgan fingerprint density at radius 1 is 1.38 bits per heavy atom. The first kappa shape index (κ1) is 10.1. The van der Waals surface area contributed by atoms with Gasteiger partial charge in [0, 0.05) is 18.0 Å². The van der Waals surface area contributed by atoms with E-state index < -0.39 is 0 Å². The van der Waals surface area contributed by atoms with Crippen molar-refractivity contribution in [2.75, 3.05) is 0 Å². The normalized spacial score (nSPS) is 9.69. The van der Waals surface area contributed by atoms with Crippen molar-refractivity contribution in [3.63, 3.8) is 0 Å². The highest BCUT2D eigenvalue weighted by atomic mass is 16.1. The fourth-order valence-corrected chi connectivity index (χ4v) is 1.37. The fourth-order valence-electron chi connectivity index (χ4n) is 1.37. The molecule has 4 nitrogen and oxygen atoms in total. The first-order valence-corrected chi connectivity index (χ1v) is 4.79. The quantitative estimate of drug-likeness (QED) is 0.725. The Morgan fingerprint density at radius 3 is 2.69 bits per heavy atom. The summed E-state index contributed by atoms with van der Waals surface area (Å²) >= 11 is 0. The maximum absolute atomic E-state index is 11.8. The maximum atomic E-state index is 11.8. The standard InChI is InChI=1S/C12H9N3O/c13-7-10-1-3-11(4-2-10)12(16)8-15-6-5-14-9-15/h1-6,9H,8H2. The number of carbonyl (C=O) groups excluding carboxylic acids is 1. The Morgan fingerprint density at radius 2 is 2.12 bits per heavy atom. The van der Waals surface area contributed by atoms with E-state index in [9.17, 15) is 4.79 Å².